The topological polar surface area (TPSA) is 118 Å². The highest BCUT2D eigenvalue weighted by molar-refractivity contribution is 7.91. The van der Waals surface area contributed by atoms with Crippen molar-refractivity contribution in [1.29, 1.82) is 0 Å². The average Bonchev–Trinajstić information content (AvgIpc) is 2.67. The molecule has 3 rings (SSSR count). The number of hydrogen-bond acceptors (Lipinski definition) is 6. The van der Waals surface area contributed by atoms with Crippen molar-refractivity contribution in [2.75, 3.05) is 24.6 Å². The summed E-state index contributed by atoms with van der Waals surface area (Å²) in [6.45, 7) is 3.86. The molecule has 9 nitrogen and oxygen atoms in total. The number of sulfone groups is 1. The van der Waals surface area contributed by atoms with Gasteiger partial charge in [0.15, 0.2) is 9.84 Å². The van der Waals surface area contributed by atoms with Crippen LogP contribution in [0.5, 0.6) is 0 Å². The maximum atomic E-state index is 12.6. The fourth-order valence-corrected chi connectivity index (χ4v) is 4.50. The lowest BCUT2D eigenvalue weighted by molar-refractivity contribution is -0.135. The van der Waals surface area contributed by atoms with Crippen LogP contribution < -0.4 is 10.9 Å². The first-order valence-corrected chi connectivity index (χ1v) is 11.2. The molecule has 0 spiro atoms. The molecule has 2 amide bonds. The molecule has 0 bridgehead atoms. The summed E-state index contributed by atoms with van der Waals surface area (Å²) in [6.07, 6.45) is 1.44. The number of aromatic nitrogens is 2. The van der Waals surface area contributed by atoms with Crippen molar-refractivity contribution in [3.63, 3.8) is 0 Å². The molecule has 29 heavy (non-hydrogen) atoms. The van der Waals surface area contributed by atoms with Crippen LogP contribution in [0.2, 0.25) is 0 Å². The Balaban J connectivity index is 1.57. The van der Waals surface area contributed by atoms with Crippen LogP contribution in [0.4, 0.5) is 0 Å². The minimum Gasteiger partial charge on any atom is -0.345 e. The molecule has 1 atom stereocenters. The predicted octanol–water partition coefficient (Wildman–Crippen LogP) is -0.143. The Morgan fingerprint density at radius 1 is 1.24 bits per heavy atom. The van der Waals surface area contributed by atoms with Crippen LogP contribution in [0.1, 0.15) is 18.9 Å². The Hall–Kier alpha value is -2.75. The van der Waals surface area contributed by atoms with E-state index >= 15 is 0 Å². The number of para-hydroxylation sites is 1. The lowest BCUT2D eigenvalue weighted by Crippen LogP contribution is -2.51. The number of hydrogen-bond donors (Lipinski definition) is 1. The molecular formula is C19H24N4O5S. The highest BCUT2D eigenvalue weighted by Crippen LogP contribution is 2.11. The Kier molecular flexibility index (Phi) is 6.02. The second-order valence-corrected chi connectivity index (χ2v) is 9.53. The van der Waals surface area contributed by atoms with Gasteiger partial charge in [0.2, 0.25) is 11.8 Å². The summed E-state index contributed by atoms with van der Waals surface area (Å²) in [5.74, 6) is -0.798. The van der Waals surface area contributed by atoms with E-state index in [1.807, 2.05) is 13.0 Å². The van der Waals surface area contributed by atoms with Crippen LogP contribution in [-0.2, 0) is 26.0 Å². The van der Waals surface area contributed by atoms with E-state index in [2.05, 4.69) is 10.3 Å². The number of fused-ring (bicyclic) bond motifs is 1. The largest absolute Gasteiger partial charge is 0.345 e. The van der Waals surface area contributed by atoms with Crippen molar-refractivity contribution in [2.24, 2.45) is 0 Å². The monoisotopic (exact) mass is 420 g/mol. The molecule has 2 aromatic rings. The van der Waals surface area contributed by atoms with Crippen molar-refractivity contribution in [3.05, 3.63) is 40.4 Å². The quantitative estimate of drug-likeness (QED) is 0.719. The number of carbonyl (C=O) groups excluding carboxylic acids is 2. The van der Waals surface area contributed by atoms with Gasteiger partial charge in [0, 0.05) is 26.1 Å². The number of rotatable bonds is 5. The third kappa shape index (κ3) is 4.81. The fourth-order valence-electron chi connectivity index (χ4n) is 3.30. The SMILES string of the molecule is Cc1cccc2c(=O)n(CCC(=O)NC(C)C(=O)N3CCS(=O)(=O)CC3)cnc12. The van der Waals surface area contributed by atoms with E-state index in [4.69, 9.17) is 0 Å². The van der Waals surface area contributed by atoms with Crippen molar-refractivity contribution in [3.8, 4) is 0 Å². The number of nitrogens with zero attached hydrogens (tertiary/aromatic N) is 3. The summed E-state index contributed by atoms with van der Waals surface area (Å²) < 4.78 is 24.3. The van der Waals surface area contributed by atoms with Gasteiger partial charge in [0.05, 0.1) is 28.7 Å². The molecule has 1 aliphatic heterocycles. The number of aryl methyl sites for hydroxylation is 2. The van der Waals surface area contributed by atoms with Crippen molar-refractivity contribution >= 4 is 32.6 Å². The summed E-state index contributed by atoms with van der Waals surface area (Å²) in [5, 5.41) is 3.12. The van der Waals surface area contributed by atoms with E-state index in [9.17, 15) is 22.8 Å². The number of amides is 2. The van der Waals surface area contributed by atoms with Crippen molar-refractivity contribution < 1.29 is 18.0 Å². The van der Waals surface area contributed by atoms with Gasteiger partial charge in [-0.1, -0.05) is 12.1 Å². The minimum atomic E-state index is -3.08. The van der Waals surface area contributed by atoms with Gasteiger partial charge in [-0.3, -0.25) is 19.0 Å². The molecule has 1 aromatic heterocycles. The van der Waals surface area contributed by atoms with Gasteiger partial charge in [-0.15, -0.1) is 0 Å². The highest BCUT2D eigenvalue weighted by atomic mass is 32.2. The Morgan fingerprint density at radius 2 is 1.93 bits per heavy atom. The summed E-state index contributed by atoms with van der Waals surface area (Å²) >= 11 is 0. The molecule has 10 heteroatoms. The van der Waals surface area contributed by atoms with Gasteiger partial charge in [-0.05, 0) is 25.5 Å². The number of benzene rings is 1. The average molecular weight is 420 g/mol. The van der Waals surface area contributed by atoms with Crippen molar-refractivity contribution in [2.45, 2.75) is 32.9 Å². The molecule has 1 N–H and O–H groups in total. The summed E-state index contributed by atoms with van der Waals surface area (Å²) in [6, 6.07) is 4.60. The van der Waals surface area contributed by atoms with E-state index in [1.54, 1.807) is 19.1 Å². The number of nitrogens with one attached hydrogen (secondary N) is 1. The third-order valence-corrected chi connectivity index (χ3v) is 6.65. The summed E-state index contributed by atoms with van der Waals surface area (Å²) in [7, 11) is -3.08. The molecule has 1 unspecified atom stereocenters. The van der Waals surface area contributed by atoms with Crippen LogP contribution in [0.25, 0.3) is 10.9 Å². The molecule has 1 fully saturated rings. The zero-order valence-electron chi connectivity index (χ0n) is 16.4. The van der Waals surface area contributed by atoms with Crippen LogP contribution >= 0.6 is 0 Å². The molecule has 2 heterocycles. The molecule has 0 saturated carbocycles. The number of carbonyl (C=O) groups is 2. The summed E-state index contributed by atoms with van der Waals surface area (Å²) in [5.41, 5.74) is 1.33. The molecule has 1 saturated heterocycles. The molecule has 1 aromatic carbocycles. The Bertz CT molecular complexity index is 1100. The predicted molar refractivity (Wildman–Crippen MR) is 108 cm³/mol. The maximum absolute atomic E-state index is 12.6. The van der Waals surface area contributed by atoms with Crippen LogP contribution in [-0.4, -0.2) is 65.3 Å². The van der Waals surface area contributed by atoms with Gasteiger partial charge in [-0.25, -0.2) is 13.4 Å². The van der Waals surface area contributed by atoms with E-state index in [-0.39, 0.29) is 54.9 Å². The first-order valence-electron chi connectivity index (χ1n) is 9.41. The second kappa shape index (κ2) is 8.32. The smallest absolute Gasteiger partial charge is 0.261 e. The van der Waals surface area contributed by atoms with Gasteiger partial charge in [0.25, 0.3) is 5.56 Å². The fraction of sp³-hybridized carbons (Fsp3) is 0.474. The van der Waals surface area contributed by atoms with E-state index in [0.717, 1.165) is 5.56 Å². The van der Waals surface area contributed by atoms with Crippen LogP contribution in [0.3, 0.4) is 0 Å². The first-order chi connectivity index (χ1) is 13.7. The van der Waals surface area contributed by atoms with Crippen molar-refractivity contribution in [1.82, 2.24) is 19.8 Å². The van der Waals surface area contributed by atoms with Gasteiger partial charge in [-0.2, -0.15) is 0 Å². The molecule has 156 valence electrons. The normalized spacial score (nSPS) is 17.1. The van der Waals surface area contributed by atoms with Gasteiger partial charge < -0.3 is 10.2 Å². The summed E-state index contributed by atoms with van der Waals surface area (Å²) in [4.78, 5) is 43.0. The zero-order valence-corrected chi connectivity index (χ0v) is 17.2. The zero-order chi connectivity index (χ0) is 21.2. The lowest BCUT2D eigenvalue weighted by atomic mass is 10.1. The second-order valence-electron chi connectivity index (χ2n) is 7.23. The van der Waals surface area contributed by atoms with E-state index in [1.165, 1.54) is 15.8 Å². The highest BCUT2D eigenvalue weighted by Gasteiger charge is 2.28. The molecule has 1 aliphatic rings. The lowest BCUT2D eigenvalue weighted by Gasteiger charge is -2.29. The van der Waals surface area contributed by atoms with Gasteiger partial charge in [0.1, 0.15) is 6.04 Å². The molecule has 0 radical (unpaired) electrons. The van der Waals surface area contributed by atoms with E-state index in [0.29, 0.717) is 10.9 Å². The molecule has 0 aliphatic carbocycles. The van der Waals surface area contributed by atoms with E-state index < -0.39 is 15.9 Å². The minimum absolute atomic E-state index is 0.0188. The van der Waals surface area contributed by atoms with Crippen LogP contribution in [0, 0.1) is 6.92 Å². The third-order valence-electron chi connectivity index (χ3n) is 5.04. The Morgan fingerprint density at radius 3 is 2.62 bits per heavy atom. The maximum Gasteiger partial charge on any atom is 0.261 e. The Labute approximate surface area is 168 Å². The van der Waals surface area contributed by atoms with Crippen LogP contribution in [0.15, 0.2) is 29.3 Å². The van der Waals surface area contributed by atoms with Gasteiger partial charge >= 0.3 is 0 Å². The first kappa shape index (κ1) is 21.0. The standard InChI is InChI=1S/C19H24N4O5S/c1-13-4-3-5-15-17(13)20-12-23(19(15)26)7-6-16(24)21-14(2)18(25)22-8-10-29(27,28)11-9-22/h3-5,12,14H,6-11H2,1-2H3,(H,21,24). The molecular weight excluding hydrogens is 396 g/mol.